The van der Waals surface area contributed by atoms with Gasteiger partial charge in [0.1, 0.15) is 0 Å². The van der Waals surface area contributed by atoms with E-state index in [9.17, 15) is 19.0 Å². The van der Waals surface area contributed by atoms with E-state index in [0.29, 0.717) is 5.56 Å². The second-order valence-electron chi connectivity index (χ2n) is 4.04. The predicted molar refractivity (Wildman–Crippen MR) is 69.7 cm³/mol. The van der Waals surface area contributed by atoms with Crippen LogP contribution in [0.25, 0.3) is 0 Å². The Morgan fingerprint density at radius 2 is 1.85 bits per heavy atom. The Bertz CT molecular complexity index is 504. The van der Waals surface area contributed by atoms with Gasteiger partial charge in [-0.1, -0.05) is 0 Å². The largest absolute Gasteiger partial charge is 0.469 e. The molecule has 0 saturated heterocycles. The summed E-state index contributed by atoms with van der Waals surface area (Å²) in [5.74, 6) is -1.25. The normalized spacial score (nSPS) is 13.3. The topological polar surface area (TPSA) is 103 Å². The van der Waals surface area contributed by atoms with Crippen molar-refractivity contribution in [2.24, 2.45) is 0 Å². The summed E-state index contributed by atoms with van der Waals surface area (Å²) in [6.45, 7) is 0. The molecular weight excluding hydrogens is 285 g/mol. The molecule has 1 N–H and O–H groups in total. The third-order valence-corrected chi connectivity index (χ3v) is 3.62. The molecule has 1 rings (SSSR count). The van der Waals surface area contributed by atoms with Gasteiger partial charge in [-0.3, -0.25) is 14.6 Å². The van der Waals surface area contributed by atoms with Crippen molar-refractivity contribution in [2.45, 2.75) is 25.4 Å². The molecule has 1 aromatic heterocycles. The quantitative estimate of drug-likeness (QED) is 0.603. The zero-order valence-corrected chi connectivity index (χ0v) is 11.9. The molecule has 20 heavy (non-hydrogen) atoms. The summed E-state index contributed by atoms with van der Waals surface area (Å²) in [6, 6.07) is 3.13. The molecule has 0 radical (unpaired) electrons. The van der Waals surface area contributed by atoms with Crippen LogP contribution in [0.3, 0.4) is 0 Å². The Kier molecular flexibility index (Phi) is 6.35. The fourth-order valence-corrected chi connectivity index (χ4v) is 2.58. The third kappa shape index (κ3) is 6.45. The van der Waals surface area contributed by atoms with Crippen LogP contribution in [0.15, 0.2) is 24.5 Å². The van der Waals surface area contributed by atoms with Gasteiger partial charge in [0.15, 0.2) is 0 Å². The number of aromatic nitrogens is 1. The van der Waals surface area contributed by atoms with Crippen molar-refractivity contribution in [3.05, 3.63) is 30.1 Å². The molecule has 1 atom stereocenters. The Balaban J connectivity index is 2.40. The van der Waals surface area contributed by atoms with Gasteiger partial charge >= 0.3 is 19.5 Å². The van der Waals surface area contributed by atoms with Crippen molar-refractivity contribution < 1.29 is 28.3 Å². The Morgan fingerprint density at radius 1 is 1.25 bits per heavy atom. The number of pyridine rings is 1. The fourth-order valence-electron chi connectivity index (χ4n) is 1.44. The number of carbonyl (C=O) groups excluding carboxylic acids is 2. The van der Waals surface area contributed by atoms with Gasteiger partial charge in [-0.05, 0) is 24.1 Å². The first-order chi connectivity index (χ1) is 9.43. The summed E-state index contributed by atoms with van der Waals surface area (Å²) >= 11 is 0. The van der Waals surface area contributed by atoms with E-state index in [2.05, 4.69) is 14.2 Å². The minimum absolute atomic E-state index is 0.0612. The molecule has 1 unspecified atom stereocenters. The Hall–Kier alpha value is -1.72. The number of ether oxygens (including phenoxy) is 1. The molecular formula is C12H16NO6P. The smallest absolute Gasteiger partial charge is 0.383 e. The highest BCUT2D eigenvalue weighted by molar-refractivity contribution is 7.52. The molecule has 1 aromatic rings. The van der Waals surface area contributed by atoms with Crippen LogP contribution in [-0.2, 0) is 29.6 Å². The number of esters is 1. The van der Waals surface area contributed by atoms with E-state index in [1.165, 1.54) is 19.5 Å². The summed E-state index contributed by atoms with van der Waals surface area (Å²) in [6.07, 6.45) is 2.85. The SMILES string of the molecule is COC(=O)CCCC(=O)OP(=O)(O)Cc1ccncc1. The first-order valence-corrected chi connectivity index (χ1v) is 7.69. The van der Waals surface area contributed by atoms with Crippen molar-refractivity contribution in [1.82, 2.24) is 4.98 Å². The summed E-state index contributed by atoms with van der Waals surface area (Å²) in [5.41, 5.74) is 0.549. The van der Waals surface area contributed by atoms with E-state index in [4.69, 9.17) is 0 Å². The molecule has 7 nitrogen and oxygen atoms in total. The average Bonchev–Trinajstić information content (AvgIpc) is 2.38. The van der Waals surface area contributed by atoms with Crippen molar-refractivity contribution in [3.8, 4) is 0 Å². The second-order valence-corrected chi connectivity index (χ2v) is 5.82. The van der Waals surface area contributed by atoms with Gasteiger partial charge in [0, 0.05) is 25.2 Å². The van der Waals surface area contributed by atoms with Gasteiger partial charge in [-0.15, -0.1) is 0 Å². The molecule has 0 fully saturated rings. The lowest BCUT2D eigenvalue weighted by Crippen LogP contribution is -2.06. The third-order valence-electron chi connectivity index (χ3n) is 2.37. The zero-order chi connectivity index (χ0) is 15.0. The van der Waals surface area contributed by atoms with Crippen LogP contribution >= 0.6 is 7.60 Å². The molecule has 0 aliphatic rings. The molecule has 0 aliphatic carbocycles. The zero-order valence-electron chi connectivity index (χ0n) is 11.0. The van der Waals surface area contributed by atoms with Crippen LogP contribution in [0.5, 0.6) is 0 Å². The average molecular weight is 301 g/mol. The van der Waals surface area contributed by atoms with Crippen LogP contribution in [0, 0.1) is 0 Å². The first-order valence-electron chi connectivity index (χ1n) is 5.93. The Labute approximate surface area is 116 Å². The molecule has 8 heteroatoms. The van der Waals surface area contributed by atoms with E-state index in [-0.39, 0.29) is 25.4 Å². The van der Waals surface area contributed by atoms with Crippen LogP contribution in [0.1, 0.15) is 24.8 Å². The maximum absolute atomic E-state index is 11.7. The number of methoxy groups -OCH3 is 1. The van der Waals surface area contributed by atoms with Gasteiger partial charge in [-0.25, -0.2) is 4.57 Å². The van der Waals surface area contributed by atoms with Crippen molar-refractivity contribution in [3.63, 3.8) is 0 Å². The summed E-state index contributed by atoms with van der Waals surface area (Å²) in [4.78, 5) is 35.6. The van der Waals surface area contributed by atoms with Crippen molar-refractivity contribution in [2.75, 3.05) is 7.11 Å². The summed E-state index contributed by atoms with van der Waals surface area (Å²) in [5, 5.41) is 0. The Morgan fingerprint density at radius 3 is 2.45 bits per heavy atom. The lowest BCUT2D eigenvalue weighted by molar-refractivity contribution is -0.141. The van der Waals surface area contributed by atoms with E-state index in [0.717, 1.165) is 0 Å². The second kappa shape index (κ2) is 7.77. The molecule has 0 bridgehead atoms. The van der Waals surface area contributed by atoms with Crippen LogP contribution in [0.4, 0.5) is 0 Å². The molecule has 110 valence electrons. The maximum atomic E-state index is 11.7. The van der Waals surface area contributed by atoms with Crippen LogP contribution in [-0.4, -0.2) is 28.9 Å². The molecule has 0 spiro atoms. The fraction of sp³-hybridized carbons (Fsp3) is 0.417. The van der Waals surface area contributed by atoms with Crippen LogP contribution in [0.2, 0.25) is 0 Å². The maximum Gasteiger partial charge on any atom is 0.383 e. The van der Waals surface area contributed by atoms with Crippen molar-refractivity contribution >= 4 is 19.5 Å². The first kappa shape index (κ1) is 16.3. The number of rotatable bonds is 7. The standard InChI is InChI=1S/C12H16NO6P/c1-18-11(14)3-2-4-12(15)19-20(16,17)9-10-5-7-13-8-6-10/h5-8H,2-4,9H2,1H3,(H,16,17). The molecule has 0 saturated carbocycles. The van der Waals surface area contributed by atoms with E-state index < -0.39 is 19.5 Å². The number of hydrogen-bond acceptors (Lipinski definition) is 6. The summed E-state index contributed by atoms with van der Waals surface area (Å²) < 4.78 is 20.7. The predicted octanol–water partition coefficient (Wildman–Crippen LogP) is 1.65. The summed E-state index contributed by atoms with van der Waals surface area (Å²) in [7, 11) is -2.79. The highest BCUT2D eigenvalue weighted by atomic mass is 31.2. The van der Waals surface area contributed by atoms with Gasteiger partial charge in [0.25, 0.3) is 0 Å². The minimum atomic E-state index is -4.03. The lowest BCUT2D eigenvalue weighted by Gasteiger charge is -2.11. The number of nitrogens with zero attached hydrogens (tertiary/aromatic N) is 1. The molecule has 0 aliphatic heterocycles. The van der Waals surface area contributed by atoms with Gasteiger partial charge < -0.3 is 14.2 Å². The molecule has 0 amide bonds. The minimum Gasteiger partial charge on any atom is -0.469 e. The van der Waals surface area contributed by atoms with Crippen LogP contribution < -0.4 is 0 Å². The van der Waals surface area contributed by atoms with Crippen molar-refractivity contribution in [1.29, 1.82) is 0 Å². The highest BCUT2D eigenvalue weighted by Crippen LogP contribution is 2.46. The molecule has 0 aromatic carbocycles. The number of hydrogen-bond donors (Lipinski definition) is 1. The van der Waals surface area contributed by atoms with Gasteiger partial charge in [0.2, 0.25) is 0 Å². The monoisotopic (exact) mass is 301 g/mol. The molecule has 1 heterocycles. The number of carbonyl (C=O) groups is 2. The lowest BCUT2D eigenvalue weighted by atomic mass is 10.2. The van der Waals surface area contributed by atoms with E-state index >= 15 is 0 Å². The highest BCUT2D eigenvalue weighted by Gasteiger charge is 2.24. The van der Waals surface area contributed by atoms with E-state index in [1.807, 2.05) is 0 Å². The van der Waals surface area contributed by atoms with Gasteiger partial charge in [-0.2, -0.15) is 0 Å². The van der Waals surface area contributed by atoms with Gasteiger partial charge in [0.05, 0.1) is 13.3 Å². The van der Waals surface area contributed by atoms with E-state index in [1.54, 1.807) is 12.1 Å².